The van der Waals surface area contributed by atoms with E-state index in [1.54, 1.807) is 0 Å². The topological polar surface area (TPSA) is 23.5 Å². The Balaban J connectivity index is 2.44. The zero-order valence-corrected chi connectivity index (χ0v) is 9.95. The molecule has 2 atom stereocenters. The summed E-state index contributed by atoms with van der Waals surface area (Å²) in [5.41, 5.74) is 2.51. The van der Waals surface area contributed by atoms with E-state index in [0.717, 1.165) is 10.9 Å². The van der Waals surface area contributed by atoms with Crippen molar-refractivity contribution in [1.29, 1.82) is 0 Å². The van der Waals surface area contributed by atoms with Crippen LogP contribution in [0.15, 0.2) is 22.7 Å². The van der Waals surface area contributed by atoms with E-state index in [1.807, 2.05) is 20.2 Å². The Kier molecular flexibility index (Phi) is 2.64. The van der Waals surface area contributed by atoms with Crippen molar-refractivity contribution in [2.45, 2.75) is 18.6 Å². The smallest absolute Gasteiger partial charge is 0.0777 e. The van der Waals surface area contributed by atoms with Crippen molar-refractivity contribution in [2.75, 3.05) is 14.1 Å². The fourth-order valence-electron chi connectivity index (χ4n) is 2.19. The third-order valence-corrected chi connectivity index (χ3v) is 3.27. The summed E-state index contributed by atoms with van der Waals surface area (Å²) in [5.74, 6) is 0. The lowest BCUT2D eigenvalue weighted by Gasteiger charge is -2.23. The Labute approximate surface area is 92.7 Å². The van der Waals surface area contributed by atoms with E-state index >= 15 is 0 Å². The van der Waals surface area contributed by atoms with E-state index in [1.165, 1.54) is 11.1 Å². The molecule has 0 fully saturated rings. The van der Waals surface area contributed by atoms with Gasteiger partial charge in [0.15, 0.2) is 0 Å². The van der Waals surface area contributed by atoms with Crippen molar-refractivity contribution < 1.29 is 5.11 Å². The minimum absolute atomic E-state index is 0.141. The number of aliphatic hydroxyl groups is 1. The van der Waals surface area contributed by atoms with E-state index in [4.69, 9.17) is 0 Å². The molecule has 0 heterocycles. The van der Waals surface area contributed by atoms with Crippen molar-refractivity contribution in [1.82, 2.24) is 4.90 Å². The number of likely N-dealkylation sites (N-methyl/N-ethyl adjacent to an activating group) is 1. The van der Waals surface area contributed by atoms with Crippen LogP contribution in [0.4, 0.5) is 0 Å². The minimum atomic E-state index is -0.269. The fraction of sp³-hybridized carbons (Fsp3) is 0.455. The van der Waals surface area contributed by atoms with Gasteiger partial charge in [0, 0.05) is 10.9 Å². The molecule has 0 amide bonds. The van der Waals surface area contributed by atoms with Gasteiger partial charge in [-0.3, -0.25) is 0 Å². The molecule has 0 aromatic heterocycles. The molecule has 0 aliphatic heterocycles. The van der Waals surface area contributed by atoms with Crippen molar-refractivity contribution >= 4 is 15.9 Å². The Morgan fingerprint density at radius 2 is 2.14 bits per heavy atom. The van der Waals surface area contributed by atoms with Gasteiger partial charge in [-0.2, -0.15) is 0 Å². The summed E-state index contributed by atoms with van der Waals surface area (Å²) in [6.45, 7) is 0. The molecule has 0 unspecified atom stereocenters. The van der Waals surface area contributed by atoms with Crippen LogP contribution in [-0.4, -0.2) is 30.2 Å². The summed E-state index contributed by atoms with van der Waals surface area (Å²) in [6, 6.07) is 6.37. The van der Waals surface area contributed by atoms with Gasteiger partial charge >= 0.3 is 0 Å². The molecule has 1 N–H and O–H groups in total. The molecular weight excluding hydrogens is 242 g/mol. The first kappa shape index (κ1) is 10.1. The lowest BCUT2D eigenvalue weighted by molar-refractivity contribution is 0.0902. The molecule has 1 aliphatic rings. The highest BCUT2D eigenvalue weighted by Crippen LogP contribution is 2.36. The molecule has 0 saturated carbocycles. The molecule has 0 bridgehead atoms. The highest BCUT2D eigenvalue weighted by Gasteiger charge is 2.32. The zero-order valence-electron chi connectivity index (χ0n) is 8.37. The molecule has 0 spiro atoms. The lowest BCUT2D eigenvalue weighted by Crippen LogP contribution is -2.27. The van der Waals surface area contributed by atoms with Crippen molar-refractivity contribution in [3.63, 3.8) is 0 Å². The van der Waals surface area contributed by atoms with Gasteiger partial charge in [-0.15, -0.1) is 0 Å². The number of rotatable bonds is 1. The predicted molar refractivity (Wildman–Crippen MR) is 60.3 cm³/mol. The van der Waals surface area contributed by atoms with Crippen LogP contribution in [0.25, 0.3) is 0 Å². The van der Waals surface area contributed by atoms with Crippen LogP contribution in [0.2, 0.25) is 0 Å². The SMILES string of the molecule is CN(C)[C@H]1c2cc(Br)ccc2C[C@@H]1O. The van der Waals surface area contributed by atoms with Gasteiger partial charge in [-0.25, -0.2) is 0 Å². The van der Waals surface area contributed by atoms with E-state index in [9.17, 15) is 5.11 Å². The van der Waals surface area contributed by atoms with Crippen molar-refractivity contribution in [3.05, 3.63) is 33.8 Å². The van der Waals surface area contributed by atoms with Crippen LogP contribution >= 0.6 is 15.9 Å². The maximum Gasteiger partial charge on any atom is 0.0777 e. The van der Waals surface area contributed by atoms with E-state index in [-0.39, 0.29) is 12.1 Å². The molecule has 2 nitrogen and oxygen atoms in total. The minimum Gasteiger partial charge on any atom is -0.391 e. The largest absolute Gasteiger partial charge is 0.391 e. The fourth-order valence-corrected chi connectivity index (χ4v) is 2.57. The monoisotopic (exact) mass is 255 g/mol. The Hall–Kier alpha value is -0.380. The average Bonchev–Trinajstić information content (AvgIpc) is 2.40. The maximum absolute atomic E-state index is 9.91. The molecule has 14 heavy (non-hydrogen) atoms. The first-order valence-electron chi connectivity index (χ1n) is 4.72. The van der Waals surface area contributed by atoms with Gasteiger partial charge in [-0.05, 0) is 37.4 Å². The molecule has 3 heteroatoms. The first-order chi connectivity index (χ1) is 6.59. The summed E-state index contributed by atoms with van der Waals surface area (Å²) in [6.07, 6.45) is 0.500. The number of halogens is 1. The van der Waals surface area contributed by atoms with Gasteiger partial charge in [-0.1, -0.05) is 22.0 Å². The Morgan fingerprint density at radius 3 is 2.79 bits per heavy atom. The second-order valence-electron chi connectivity index (χ2n) is 4.02. The third-order valence-electron chi connectivity index (χ3n) is 2.78. The molecule has 1 aromatic carbocycles. The summed E-state index contributed by atoms with van der Waals surface area (Å²) in [4.78, 5) is 2.07. The average molecular weight is 256 g/mol. The van der Waals surface area contributed by atoms with Crippen LogP contribution in [-0.2, 0) is 6.42 Å². The summed E-state index contributed by atoms with van der Waals surface area (Å²) in [5, 5.41) is 9.91. The second-order valence-corrected chi connectivity index (χ2v) is 4.94. The lowest BCUT2D eigenvalue weighted by atomic mass is 10.1. The third kappa shape index (κ3) is 1.60. The van der Waals surface area contributed by atoms with Crippen LogP contribution < -0.4 is 0 Å². The van der Waals surface area contributed by atoms with Gasteiger partial charge < -0.3 is 10.0 Å². The molecular formula is C11H14BrNO. The maximum atomic E-state index is 9.91. The summed E-state index contributed by atoms with van der Waals surface area (Å²) in [7, 11) is 4.01. The molecule has 0 radical (unpaired) electrons. The standard InChI is InChI=1S/C11H14BrNO/c1-13(2)11-9-6-8(12)4-3-7(9)5-10(11)14/h3-4,6,10-11,14H,5H2,1-2H3/t10-,11-/m0/s1. The number of hydrogen-bond donors (Lipinski definition) is 1. The molecule has 2 rings (SSSR count). The predicted octanol–water partition coefficient (Wildman–Crippen LogP) is 1.97. The zero-order chi connectivity index (χ0) is 10.3. The number of benzene rings is 1. The van der Waals surface area contributed by atoms with Gasteiger partial charge in [0.05, 0.1) is 12.1 Å². The molecule has 0 saturated heterocycles. The van der Waals surface area contributed by atoms with Gasteiger partial charge in [0.2, 0.25) is 0 Å². The van der Waals surface area contributed by atoms with Gasteiger partial charge in [0.25, 0.3) is 0 Å². The number of hydrogen-bond acceptors (Lipinski definition) is 2. The molecule has 76 valence electrons. The second kappa shape index (κ2) is 3.65. The van der Waals surface area contributed by atoms with Crippen LogP contribution in [0.1, 0.15) is 17.2 Å². The Morgan fingerprint density at radius 1 is 1.43 bits per heavy atom. The quantitative estimate of drug-likeness (QED) is 0.830. The van der Waals surface area contributed by atoms with E-state index < -0.39 is 0 Å². The normalized spacial score (nSPS) is 25.5. The first-order valence-corrected chi connectivity index (χ1v) is 5.51. The number of fused-ring (bicyclic) bond motifs is 1. The summed E-state index contributed by atoms with van der Waals surface area (Å²) >= 11 is 3.46. The van der Waals surface area contributed by atoms with Crippen LogP contribution in [0, 0.1) is 0 Å². The van der Waals surface area contributed by atoms with E-state index in [0.29, 0.717) is 0 Å². The van der Waals surface area contributed by atoms with Crippen molar-refractivity contribution in [3.8, 4) is 0 Å². The molecule has 1 aliphatic carbocycles. The highest BCUT2D eigenvalue weighted by molar-refractivity contribution is 9.10. The highest BCUT2D eigenvalue weighted by atomic mass is 79.9. The van der Waals surface area contributed by atoms with Crippen molar-refractivity contribution in [2.24, 2.45) is 0 Å². The number of nitrogens with zero attached hydrogens (tertiary/aromatic N) is 1. The van der Waals surface area contributed by atoms with Crippen LogP contribution in [0.5, 0.6) is 0 Å². The number of aliphatic hydroxyl groups excluding tert-OH is 1. The van der Waals surface area contributed by atoms with E-state index in [2.05, 4.69) is 33.0 Å². The Bertz CT molecular complexity index is 351. The summed E-state index contributed by atoms with van der Waals surface area (Å²) < 4.78 is 1.08. The molecule has 1 aromatic rings. The van der Waals surface area contributed by atoms with Crippen LogP contribution in [0.3, 0.4) is 0 Å². The van der Waals surface area contributed by atoms with Gasteiger partial charge in [0.1, 0.15) is 0 Å².